The van der Waals surface area contributed by atoms with Crippen molar-refractivity contribution in [3.05, 3.63) is 54.4 Å². The first-order valence-corrected chi connectivity index (χ1v) is 8.93. The summed E-state index contributed by atoms with van der Waals surface area (Å²) in [6.07, 6.45) is 9.46. The highest BCUT2D eigenvalue weighted by molar-refractivity contribution is 5.93. The monoisotopic (exact) mass is 320 g/mol. The highest BCUT2D eigenvalue weighted by Gasteiger charge is 2.43. The molecule has 0 saturated carbocycles. The van der Waals surface area contributed by atoms with E-state index in [4.69, 9.17) is 0 Å². The lowest BCUT2D eigenvalue weighted by atomic mass is 9.84. The maximum atomic E-state index is 12.4. The second-order valence-corrected chi connectivity index (χ2v) is 7.43. The molecule has 3 nitrogen and oxygen atoms in total. The van der Waals surface area contributed by atoms with Crippen molar-refractivity contribution in [3.8, 4) is 0 Å². The van der Waals surface area contributed by atoms with Crippen molar-refractivity contribution in [2.24, 2.45) is 5.92 Å². The molecule has 24 heavy (non-hydrogen) atoms. The molecule has 124 valence electrons. The van der Waals surface area contributed by atoms with E-state index in [1.807, 2.05) is 19.3 Å². The number of fused-ring (bicyclic) bond motifs is 3. The number of hydrogen-bond acceptors (Lipinski definition) is 2. The molecule has 3 heteroatoms. The first kappa shape index (κ1) is 15.4. The largest absolute Gasteiger partial charge is 0.333 e. The van der Waals surface area contributed by atoms with Gasteiger partial charge in [0.15, 0.2) is 0 Å². The summed E-state index contributed by atoms with van der Waals surface area (Å²) in [5.74, 6) is 0.817. The van der Waals surface area contributed by atoms with Gasteiger partial charge in [-0.3, -0.25) is 9.78 Å². The summed E-state index contributed by atoms with van der Waals surface area (Å²) < 4.78 is 0. The minimum atomic E-state index is 0.162. The van der Waals surface area contributed by atoms with E-state index >= 15 is 0 Å². The number of rotatable bonds is 3. The molecular weight excluding hydrogens is 296 g/mol. The van der Waals surface area contributed by atoms with Crippen molar-refractivity contribution in [3.63, 3.8) is 0 Å². The normalized spacial score (nSPS) is 25.9. The van der Waals surface area contributed by atoms with Gasteiger partial charge >= 0.3 is 0 Å². The molecule has 2 bridgehead atoms. The van der Waals surface area contributed by atoms with Crippen LogP contribution in [0.25, 0.3) is 10.8 Å². The highest BCUT2D eigenvalue weighted by atomic mass is 16.2. The fourth-order valence-corrected chi connectivity index (χ4v) is 4.67. The average molecular weight is 320 g/mol. The van der Waals surface area contributed by atoms with Crippen LogP contribution in [0.15, 0.2) is 48.8 Å². The Morgan fingerprint density at radius 2 is 2.00 bits per heavy atom. The quantitative estimate of drug-likeness (QED) is 0.797. The number of carbonyl (C=O) groups is 1. The van der Waals surface area contributed by atoms with Crippen LogP contribution in [0, 0.1) is 5.92 Å². The van der Waals surface area contributed by atoms with Gasteiger partial charge in [0, 0.05) is 35.4 Å². The van der Waals surface area contributed by atoms with Gasteiger partial charge in [0.1, 0.15) is 0 Å². The Balaban J connectivity index is 1.54. The Kier molecular flexibility index (Phi) is 3.87. The Labute approximate surface area is 143 Å². The summed E-state index contributed by atoms with van der Waals surface area (Å²) in [7, 11) is 0. The molecule has 1 aromatic carbocycles. The smallest absolute Gasteiger partial charge is 0.249 e. The Hall–Kier alpha value is -2.16. The van der Waals surface area contributed by atoms with Gasteiger partial charge in [0.05, 0.1) is 0 Å². The Bertz CT molecular complexity index is 778. The van der Waals surface area contributed by atoms with Crippen molar-refractivity contribution in [1.29, 1.82) is 0 Å². The molecule has 0 spiro atoms. The highest BCUT2D eigenvalue weighted by Crippen LogP contribution is 2.41. The summed E-state index contributed by atoms with van der Waals surface area (Å²) in [5.41, 5.74) is 2.06. The molecule has 2 aromatic rings. The number of benzene rings is 1. The zero-order valence-corrected chi connectivity index (χ0v) is 14.2. The van der Waals surface area contributed by atoms with Crippen LogP contribution in [0.2, 0.25) is 0 Å². The number of nitrogens with zero attached hydrogens (tertiary/aromatic N) is 2. The van der Waals surface area contributed by atoms with Gasteiger partial charge in [-0.2, -0.15) is 0 Å². The van der Waals surface area contributed by atoms with Crippen molar-refractivity contribution in [1.82, 2.24) is 9.88 Å². The van der Waals surface area contributed by atoms with Crippen molar-refractivity contribution in [2.45, 2.75) is 51.1 Å². The van der Waals surface area contributed by atoms with Gasteiger partial charge in [0.2, 0.25) is 5.91 Å². The van der Waals surface area contributed by atoms with E-state index in [0.29, 0.717) is 23.6 Å². The molecule has 2 aliphatic heterocycles. The van der Waals surface area contributed by atoms with Crippen molar-refractivity contribution >= 4 is 16.7 Å². The molecule has 3 heterocycles. The van der Waals surface area contributed by atoms with Gasteiger partial charge in [-0.25, -0.2) is 0 Å². The van der Waals surface area contributed by atoms with Crippen LogP contribution in [0.3, 0.4) is 0 Å². The predicted molar refractivity (Wildman–Crippen MR) is 96.6 cm³/mol. The summed E-state index contributed by atoms with van der Waals surface area (Å²) in [4.78, 5) is 18.8. The molecule has 2 unspecified atom stereocenters. The summed E-state index contributed by atoms with van der Waals surface area (Å²) in [6, 6.07) is 9.43. The molecule has 1 amide bonds. The predicted octanol–water partition coefficient (Wildman–Crippen LogP) is 4.12. The summed E-state index contributed by atoms with van der Waals surface area (Å²) in [5, 5.41) is 2.54. The lowest BCUT2D eigenvalue weighted by Crippen LogP contribution is -2.47. The molecule has 2 saturated heterocycles. The molecular formula is C21H24N2O. The second-order valence-electron chi connectivity index (χ2n) is 7.43. The molecule has 2 aliphatic rings. The van der Waals surface area contributed by atoms with Gasteiger partial charge in [0.25, 0.3) is 0 Å². The maximum absolute atomic E-state index is 12.4. The number of aromatic nitrogens is 1. The minimum Gasteiger partial charge on any atom is -0.333 e. The third-order valence-electron chi connectivity index (χ3n) is 5.71. The van der Waals surface area contributed by atoms with Gasteiger partial charge in [-0.1, -0.05) is 24.8 Å². The number of pyridine rings is 1. The zero-order valence-electron chi connectivity index (χ0n) is 14.2. The molecule has 0 radical (unpaired) electrons. The molecule has 0 aliphatic carbocycles. The minimum absolute atomic E-state index is 0.162. The topological polar surface area (TPSA) is 33.2 Å². The van der Waals surface area contributed by atoms with Crippen LogP contribution in [-0.4, -0.2) is 27.9 Å². The van der Waals surface area contributed by atoms with Crippen LogP contribution < -0.4 is 0 Å². The molecule has 4 rings (SSSR count). The zero-order chi connectivity index (χ0) is 16.7. The number of hydrogen-bond donors (Lipinski definition) is 0. The van der Waals surface area contributed by atoms with Crippen LogP contribution in [0.5, 0.6) is 0 Å². The molecule has 2 atom stereocenters. The summed E-state index contributed by atoms with van der Waals surface area (Å²) >= 11 is 0. The van der Waals surface area contributed by atoms with Gasteiger partial charge in [-0.05, 0) is 62.0 Å². The van der Waals surface area contributed by atoms with E-state index in [1.165, 1.54) is 16.3 Å². The molecule has 1 aromatic heterocycles. The third kappa shape index (κ3) is 2.62. The first-order chi connectivity index (χ1) is 11.6. The van der Waals surface area contributed by atoms with E-state index in [9.17, 15) is 4.79 Å². The summed E-state index contributed by atoms with van der Waals surface area (Å²) in [6.45, 7) is 5.68. The fourth-order valence-electron chi connectivity index (χ4n) is 4.67. The SMILES string of the molecule is C=C(C)C(=O)N1C2CCC1CC(Cc1cccc3ccncc13)C2. The Morgan fingerprint density at radius 3 is 2.71 bits per heavy atom. The number of amides is 1. The number of piperidine rings is 1. The van der Waals surface area contributed by atoms with E-state index < -0.39 is 0 Å². The lowest BCUT2D eigenvalue weighted by Gasteiger charge is -2.39. The average Bonchev–Trinajstić information content (AvgIpc) is 2.85. The number of carbonyl (C=O) groups excluding carboxylic acids is 1. The van der Waals surface area contributed by atoms with Crippen LogP contribution in [0.1, 0.15) is 38.2 Å². The first-order valence-electron chi connectivity index (χ1n) is 8.93. The third-order valence-corrected chi connectivity index (χ3v) is 5.71. The van der Waals surface area contributed by atoms with E-state index in [1.54, 1.807) is 0 Å². The molecule has 0 N–H and O–H groups in total. The van der Waals surface area contributed by atoms with Gasteiger partial charge in [-0.15, -0.1) is 0 Å². The maximum Gasteiger partial charge on any atom is 0.249 e. The van der Waals surface area contributed by atoms with Crippen LogP contribution >= 0.6 is 0 Å². The van der Waals surface area contributed by atoms with Crippen molar-refractivity contribution in [2.75, 3.05) is 0 Å². The van der Waals surface area contributed by atoms with E-state index in [2.05, 4.69) is 40.7 Å². The lowest BCUT2D eigenvalue weighted by molar-refractivity contribution is -0.132. The van der Waals surface area contributed by atoms with Crippen LogP contribution in [-0.2, 0) is 11.2 Å². The standard InChI is InChI=1S/C21H24N2O/c1-14(2)21(24)23-18-6-7-19(23)12-15(11-18)10-17-5-3-4-16-8-9-22-13-20(16)17/h3-5,8-9,13,15,18-19H,1,6-7,10-12H2,2H3. The van der Waals surface area contributed by atoms with E-state index in [0.717, 1.165) is 32.1 Å². The Morgan fingerprint density at radius 1 is 1.25 bits per heavy atom. The van der Waals surface area contributed by atoms with E-state index in [-0.39, 0.29) is 5.91 Å². The van der Waals surface area contributed by atoms with Gasteiger partial charge < -0.3 is 4.90 Å². The van der Waals surface area contributed by atoms with Crippen LogP contribution in [0.4, 0.5) is 0 Å². The fraction of sp³-hybridized carbons (Fsp3) is 0.429. The second kappa shape index (κ2) is 6.04. The molecule has 2 fully saturated rings. The van der Waals surface area contributed by atoms with Crippen molar-refractivity contribution < 1.29 is 4.79 Å².